The highest BCUT2D eigenvalue weighted by molar-refractivity contribution is 7.90. The molecule has 2 rings (SSSR count). The average Bonchev–Trinajstić information content (AvgIpc) is 2.69. The van der Waals surface area contributed by atoms with E-state index in [2.05, 4.69) is 20.6 Å². The first kappa shape index (κ1) is 12.6. The summed E-state index contributed by atoms with van der Waals surface area (Å²) < 4.78 is 22.4. The van der Waals surface area contributed by atoms with E-state index in [1.165, 1.54) is 12.1 Å². The summed E-state index contributed by atoms with van der Waals surface area (Å²) in [6.45, 7) is 0. The predicted octanol–water partition coefficient (Wildman–Crippen LogP) is 0.692. The van der Waals surface area contributed by atoms with Crippen LogP contribution in [0.15, 0.2) is 29.2 Å². The van der Waals surface area contributed by atoms with E-state index in [9.17, 15) is 8.42 Å². The third-order valence-electron chi connectivity index (χ3n) is 1.89. The fourth-order valence-corrected chi connectivity index (χ4v) is 1.77. The number of nitrogens with zero attached hydrogens (tertiary/aromatic N) is 3. The second-order valence-electron chi connectivity index (χ2n) is 3.03. The zero-order valence-corrected chi connectivity index (χ0v) is 9.92. The predicted molar refractivity (Wildman–Crippen MR) is 60.0 cm³/mol. The van der Waals surface area contributed by atoms with Gasteiger partial charge in [-0.05, 0) is 29.5 Å². The molecule has 16 heavy (non-hydrogen) atoms. The number of aromatic amines is 1. The topological polar surface area (TPSA) is 88.6 Å². The number of tetrazole rings is 1. The van der Waals surface area contributed by atoms with Crippen molar-refractivity contribution >= 4 is 22.2 Å². The number of halogens is 1. The van der Waals surface area contributed by atoms with Gasteiger partial charge in [-0.2, -0.15) is 5.21 Å². The van der Waals surface area contributed by atoms with Crippen LogP contribution in [-0.2, 0) is 9.84 Å². The van der Waals surface area contributed by atoms with E-state index in [0.717, 1.165) is 11.8 Å². The summed E-state index contributed by atoms with van der Waals surface area (Å²) in [5, 5.41) is 13.3. The van der Waals surface area contributed by atoms with E-state index >= 15 is 0 Å². The normalized spacial score (nSPS) is 10.8. The molecule has 8 heteroatoms. The van der Waals surface area contributed by atoms with Gasteiger partial charge in [0.2, 0.25) is 5.82 Å². The van der Waals surface area contributed by atoms with Crippen molar-refractivity contribution in [2.24, 2.45) is 0 Å². The van der Waals surface area contributed by atoms with Crippen molar-refractivity contribution in [3.05, 3.63) is 24.3 Å². The van der Waals surface area contributed by atoms with E-state index in [-0.39, 0.29) is 17.3 Å². The molecule has 0 saturated carbocycles. The maximum atomic E-state index is 11.2. The maximum absolute atomic E-state index is 11.2. The van der Waals surface area contributed by atoms with Gasteiger partial charge in [0.15, 0.2) is 9.84 Å². The molecule has 6 nitrogen and oxygen atoms in total. The Morgan fingerprint density at radius 1 is 1.19 bits per heavy atom. The van der Waals surface area contributed by atoms with E-state index in [1.807, 2.05) is 0 Å². The number of benzene rings is 1. The Labute approximate surface area is 98.4 Å². The number of aromatic nitrogens is 4. The molecule has 0 aliphatic heterocycles. The second-order valence-corrected chi connectivity index (χ2v) is 5.05. The minimum absolute atomic E-state index is 0. The first-order valence-corrected chi connectivity index (χ1v) is 6.00. The van der Waals surface area contributed by atoms with Crippen LogP contribution in [0.1, 0.15) is 0 Å². The van der Waals surface area contributed by atoms with Gasteiger partial charge in [-0.15, -0.1) is 22.6 Å². The standard InChI is InChI=1S/C8H8N4O2S.ClH/c1-15(13,14)7-4-2-6(3-5-7)8-9-11-12-10-8;/h2-5H,1H3,(H,9,10,11,12);1H. The fraction of sp³-hybridized carbons (Fsp3) is 0.125. The molecule has 1 heterocycles. The van der Waals surface area contributed by atoms with Gasteiger partial charge in [0.05, 0.1) is 4.90 Å². The maximum Gasteiger partial charge on any atom is 0.204 e. The summed E-state index contributed by atoms with van der Waals surface area (Å²) in [4.78, 5) is 0.273. The molecule has 0 atom stereocenters. The molecule has 0 unspecified atom stereocenters. The summed E-state index contributed by atoms with van der Waals surface area (Å²) in [6, 6.07) is 6.31. The third-order valence-corrected chi connectivity index (χ3v) is 3.01. The Kier molecular flexibility index (Phi) is 3.61. The number of rotatable bonds is 2. The van der Waals surface area contributed by atoms with Gasteiger partial charge < -0.3 is 0 Å². The number of hydrogen-bond acceptors (Lipinski definition) is 5. The Morgan fingerprint density at radius 3 is 2.25 bits per heavy atom. The summed E-state index contributed by atoms with van der Waals surface area (Å²) in [5.41, 5.74) is 0.719. The number of H-pyrrole nitrogens is 1. The van der Waals surface area contributed by atoms with Crippen molar-refractivity contribution in [2.75, 3.05) is 6.26 Å². The molecule has 2 aromatic rings. The first-order valence-electron chi connectivity index (χ1n) is 4.11. The molecule has 1 N–H and O–H groups in total. The zero-order valence-electron chi connectivity index (χ0n) is 8.28. The summed E-state index contributed by atoms with van der Waals surface area (Å²) >= 11 is 0. The molecule has 1 aromatic heterocycles. The van der Waals surface area contributed by atoms with Gasteiger partial charge in [0.1, 0.15) is 0 Å². The van der Waals surface area contributed by atoms with Crippen LogP contribution < -0.4 is 0 Å². The monoisotopic (exact) mass is 260 g/mol. The lowest BCUT2D eigenvalue weighted by Crippen LogP contribution is -1.96. The van der Waals surface area contributed by atoms with E-state index in [1.54, 1.807) is 12.1 Å². The SMILES string of the molecule is CS(=O)(=O)c1ccc(-c2nn[nH]n2)cc1.Cl. The summed E-state index contributed by atoms with van der Waals surface area (Å²) in [6.07, 6.45) is 1.16. The van der Waals surface area contributed by atoms with E-state index < -0.39 is 9.84 Å². The lowest BCUT2D eigenvalue weighted by atomic mass is 10.2. The van der Waals surface area contributed by atoms with Crippen LogP contribution in [0.5, 0.6) is 0 Å². The van der Waals surface area contributed by atoms with Crippen molar-refractivity contribution in [2.45, 2.75) is 4.90 Å². The van der Waals surface area contributed by atoms with Crippen molar-refractivity contribution in [1.29, 1.82) is 0 Å². The average molecular weight is 261 g/mol. The van der Waals surface area contributed by atoms with Crippen LogP contribution in [0.25, 0.3) is 11.4 Å². The Morgan fingerprint density at radius 2 is 1.81 bits per heavy atom. The molecule has 86 valence electrons. The van der Waals surface area contributed by atoms with Gasteiger partial charge in [-0.1, -0.05) is 0 Å². The Bertz CT molecular complexity index is 550. The largest absolute Gasteiger partial charge is 0.224 e. The van der Waals surface area contributed by atoms with Gasteiger partial charge in [-0.3, -0.25) is 0 Å². The van der Waals surface area contributed by atoms with Crippen molar-refractivity contribution in [3.8, 4) is 11.4 Å². The second kappa shape index (κ2) is 4.58. The summed E-state index contributed by atoms with van der Waals surface area (Å²) in [7, 11) is -3.15. The minimum atomic E-state index is -3.15. The van der Waals surface area contributed by atoms with Crippen LogP contribution >= 0.6 is 12.4 Å². The van der Waals surface area contributed by atoms with E-state index in [4.69, 9.17) is 0 Å². The molecule has 0 saturated heterocycles. The first-order chi connectivity index (χ1) is 7.07. The fourth-order valence-electron chi connectivity index (χ4n) is 1.14. The lowest BCUT2D eigenvalue weighted by molar-refractivity contribution is 0.602. The van der Waals surface area contributed by atoms with Gasteiger partial charge in [0.25, 0.3) is 0 Å². The summed E-state index contributed by atoms with van der Waals surface area (Å²) in [5.74, 6) is 0.440. The molecule has 0 aliphatic rings. The molecule has 0 fully saturated rings. The van der Waals surface area contributed by atoms with Gasteiger partial charge in [-0.25, -0.2) is 8.42 Å². The van der Waals surface area contributed by atoms with Crippen LogP contribution in [0.3, 0.4) is 0 Å². The molecule has 1 aromatic carbocycles. The highest BCUT2D eigenvalue weighted by atomic mass is 35.5. The molecule has 0 aliphatic carbocycles. The van der Waals surface area contributed by atoms with Gasteiger partial charge in [0, 0.05) is 11.8 Å². The van der Waals surface area contributed by atoms with Crippen LogP contribution in [-0.4, -0.2) is 35.3 Å². The third kappa shape index (κ3) is 2.56. The molecule has 0 radical (unpaired) electrons. The lowest BCUT2D eigenvalue weighted by Gasteiger charge is -1.98. The number of nitrogens with one attached hydrogen (secondary N) is 1. The van der Waals surface area contributed by atoms with Gasteiger partial charge >= 0.3 is 0 Å². The smallest absolute Gasteiger partial charge is 0.204 e. The Hall–Kier alpha value is -1.47. The highest BCUT2D eigenvalue weighted by Crippen LogP contribution is 2.16. The highest BCUT2D eigenvalue weighted by Gasteiger charge is 2.08. The van der Waals surface area contributed by atoms with Crippen LogP contribution in [0.2, 0.25) is 0 Å². The number of hydrogen-bond donors (Lipinski definition) is 1. The molecular weight excluding hydrogens is 252 g/mol. The zero-order chi connectivity index (χ0) is 10.9. The quantitative estimate of drug-likeness (QED) is 0.858. The van der Waals surface area contributed by atoms with Crippen molar-refractivity contribution in [1.82, 2.24) is 20.6 Å². The molecular formula is C8H9ClN4O2S. The van der Waals surface area contributed by atoms with Crippen LogP contribution in [0.4, 0.5) is 0 Å². The van der Waals surface area contributed by atoms with E-state index in [0.29, 0.717) is 5.82 Å². The van der Waals surface area contributed by atoms with Crippen molar-refractivity contribution < 1.29 is 8.42 Å². The number of sulfone groups is 1. The minimum Gasteiger partial charge on any atom is -0.224 e. The molecule has 0 spiro atoms. The molecule has 0 bridgehead atoms. The Balaban J connectivity index is 0.00000128. The molecule has 0 amide bonds. The van der Waals surface area contributed by atoms with Crippen LogP contribution in [0, 0.1) is 0 Å². The van der Waals surface area contributed by atoms with Crippen molar-refractivity contribution in [3.63, 3.8) is 0 Å².